The molecule has 0 saturated carbocycles. The molecule has 0 aliphatic heterocycles. The number of likely N-dealkylation sites (N-methyl/N-ethyl adjacent to an activating group) is 1. The zero-order valence-electron chi connectivity index (χ0n) is 31.2. The van der Waals surface area contributed by atoms with Crippen LogP contribution in [0.4, 0.5) is 0 Å². The fourth-order valence-electron chi connectivity index (χ4n) is 6.07. The van der Waals surface area contributed by atoms with E-state index in [1.165, 1.54) is 11.9 Å². The molecule has 15 nitrogen and oxygen atoms in total. The van der Waals surface area contributed by atoms with Gasteiger partial charge in [-0.15, -0.1) is 0 Å². The molecule has 8 N–H and O–H groups in total. The third-order valence-electron chi connectivity index (χ3n) is 9.06. The van der Waals surface area contributed by atoms with Crippen LogP contribution in [0, 0.1) is 0 Å². The molecule has 6 amide bonds. The summed E-state index contributed by atoms with van der Waals surface area (Å²) in [4.78, 5) is 95.7. The van der Waals surface area contributed by atoms with Crippen molar-refractivity contribution in [1.29, 1.82) is 0 Å². The minimum absolute atomic E-state index is 0.0269. The Morgan fingerprint density at radius 1 is 0.778 bits per heavy atom. The standard InChI is InChI=1S/C39H53N7O8/c1-4-6-13-19-41-33(47)23-34(48)43-31(21-26-24-42-28-17-12-11-16-27(26)28)39(54)46(3)32(18-7-5-2)38(53)45-30(22-35(49)50)37(52)44-29(36(40)51)20-25-14-9-8-10-15-25/h8-12,14-17,24,29-32,42H,4-7,13,18-23H2,1-3H3,(H2,40,51)(H,41,47)(H,43,48)(H,44,52)(H,45,53)(H,49,50)/t29-,30-,31-,32-/m0/s1. The number of carboxylic acids is 1. The van der Waals surface area contributed by atoms with Crippen molar-refractivity contribution in [2.45, 2.75) is 102 Å². The van der Waals surface area contributed by atoms with Gasteiger partial charge in [0.15, 0.2) is 0 Å². The van der Waals surface area contributed by atoms with Crippen LogP contribution in [0.3, 0.4) is 0 Å². The highest BCUT2D eigenvalue weighted by atomic mass is 16.4. The molecule has 0 aliphatic rings. The molecule has 3 aromatic rings. The minimum Gasteiger partial charge on any atom is -0.481 e. The largest absolute Gasteiger partial charge is 0.481 e. The number of nitrogens with zero attached hydrogens (tertiary/aromatic N) is 1. The third-order valence-corrected chi connectivity index (χ3v) is 9.06. The maximum absolute atomic E-state index is 14.3. The van der Waals surface area contributed by atoms with E-state index in [1.807, 2.05) is 38.1 Å². The number of benzene rings is 2. The Morgan fingerprint density at radius 2 is 1.44 bits per heavy atom. The number of carbonyl (C=O) groups excluding carboxylic acids is 6. The number of para-hydroxylation sites is 1. The van der Waals surface area contributed by atoms with Gasteiger partial charge in [0.1, 0.15) is 30.6 Å². The van der Waals surface area contributed by atoms with Crippen LogP contribution in [0.15, 0.2) is 60.8 Å². The lowest BCUT2D eigenvalue weighted by Gasteiger charge is -2.32. The van der Waals surface area contributed by atoms with Crippen LogP contribution < -0.4 is 27.0 Å². The first kappa shape index (κ1) is 42.7. The van der Waals surface area contributed by atoms with Gasteiger partial charge in [0, 0.05) is 43.5 Å². The summed E-state index contributed by atoms with van der Waals surface area (Å²) in [6.07, 6.45) is 4.43. The zero-order valence-corrected chi connectivity index (χ0v) is 31.2. The normalized spacial score (nSPS) is 13.2. The van der Waals surface area contributed by atoms with Crippen molar-refractivity contribution in [1.82, 2.24) is 31.2 Å². The first-order chi connectivity index (χ1) is 25.8. The van der Waals surface area contributed by atoms with E-state index in [0.717, 1.165) is 30.2 Å². The molecule has 1 heterocycles. The Kier molecular flexibility index (Phi) is 17.2. The molecule has 0 aliphatic carbocycles. The second kappa shape index (κ2) is 21.7. The Bertz CT molecular complexity index is 1740. The van der Waals surface area contributed by atoms with Crippen LogP contribution in [0.5, 0.6) is 0 Å². The average Bonchev–Trinajstić information content (AvgIpc) is 3.55. The lowest BCUT2D eigenvalue weighted by atomic mass is 10.0. The van der Waals surface area contributed by atoms with Crippen LogP contribution in [0.2, 0.25) is 0 Å². The number of unbranched alkanes of at least 4 members (excludes halogenated alkanes) is 3. The van der Waals surface area contributed by atoms with E-state index in [1.54, 1.807) is 36.5 Å². The number of aromatic amines is 1. The molecule has 0 bridgehead atoms. The summed E-state index contributed by atoms with van der Waals surface area (Å²) in [5.74, 6) is -5.78. The van der Waals surface area contributed by atoms with Gasteiger partial charge in [-0.25, -0.2) is 0 Å². The molecule has 292 valence electrons. The van der Waals surface area contributed by atoms with Gasteiger partial charge < -0.3 is 42.0 Å². The molecular formula is C39H53N7O8. The van der Waals surface area contributed by atoms with E-state index < -0.39 is 78.4 Å². The Labute approximate surface area is 315 Å². The Balaban J connectivity index is 1.84. The molecule has 0 radical (unpaired) electrons. The second-order valence-corrected chi connectivity index (χ2v) is 13.3. The first-order valence-electron chi connectivity index (χ1n) is 18.4. The lowest BCUT2D eigenvalue weighted by molar-refractivity contribution is -0.144. The van der Waals surface area contributed by atoms with E-state index in [9.17, 15) is 38.7 Å². The molecule has 0 fully saturated rings. The van der Waals surface area contributed by atoms with Gasteiger partial charge >= 0.3 is 5.97 Å². The van der Waals surface area contributed by atoms with Crippen molar-refractivity contribution in [2.75, 3.05) is 13.6 Å². The molecule has 2 aromatic carbocycles. The molecule has 4 atom stereocenters. The van der Waals surface area contributed by atoms with E-state index in [4.69, 9.17) is 5.73 Å². The van der Waals surface area contributed by atoms with Crippen LogP contribution in [-0.2, 0) is 46.4 Å². The number of rotatable bonds is 23. The number of aromatic nitrogens is 1. The fraction of sp³-hybridized carbons (Fsp3) is 0.462. The molecule has 54 heavy (non-hydrogen) atoms. The first-order valence-corrected chi connectivity index (χ1v) is 18.4. The highest BCUT2D eigenvalue weighted by Crippen LogP contribution is 2.21. The van der Waals surface area contributed by atoms with Crippen LogP contribution >= 0.6 is 0 Å². The second-order valence-electron chi connectivity index (χ2n) is 13.3. The molecule has 15 heteroatoms. The van der Waals surface area contributed by atoms with Crippen LogP contribution in [0.1, 0.15) is 76.3 Å². The molecular weight excluding hydrogens is 694 g/mol. The molecule has 0 saturated heterocycles. The maximum Gasteiger partial charge on any atom is 0.305 e. The third kappa shape index (κ3) is 13.4. The van der Waals surface area contributed by atoms with E-state index in [-0.39, 0.29) is 19.3 Å². The number of carboxylic acid groups (broad SMARTS) is 1. The number of hydrogen-bond acceptors (Lipinski definition) is 7. The number of hydrogen-bond donors (Lipinski definition) is 7. The number of aliphatic carboxylic acids is 1. The van der Waals surface area contributed by atoms with Gasteiger partial charge in [0.2, 0.25) is 35.4 Å². The van der Waals surface area contributed by atoms with Gasteiger partial charge in [0.25, 0.3) is 0 Å². The van der Waals surface area contributed by atoms with Crippen molar-refractivity contribution in [2.24, 2.45) is 5.73 Å². The van der Waals surface area contributed by atoms with Crippen molar-refractivity contribution < 1.29 is 38.7 Å². The lowest BCUT2D eigenvalue weighted by Crippen LogP contribution is -2.59. The van der Waals surface area contributed by atoms with Crippen LogP contribution in [-0.4, -0.2) is 94.2 Å². The number of primary amides is 1. The summed E-state index contributed by atoms with van der Waals surface area (Å²) >= 11 is 0. The maximum atomic E-state index is 14.3. The summed E-state index contributed by atoms with van der Waals surface area (Å²) in [6.45, 7) is 4.35. The van der Waals surface area contributed by atoms with Crippen LogP contribution in [0.25, 0.3) is 10.9 Å². The van der Waals surface area contributed by atoms with Crippen molar-refractivity contribution in [3.05, 3.63) is 71.9 Å². The quantitative estimate of drug-likeness (QED) is 0.0559. The zero-order chi connectivity index (χ0) is 39.6. The van der Waals surface area contributed by atoms with Crippen molar-refractivity contribution >= 4 is 52.3 Å². The Morgan fingerprint density at radius 3 is 2.11 bits per heavy atom. The van der Waals surface area contributed by atoms with E-state index in [2.05, 4.69) is 26.3 Å². The van der Waals surface area contributed by atoms with E-state index in [0.29, 0.717) is 30.5 Å². The summed E-state index contributed by atoms with van der Waals surface area (Å²) in [7, 11) is 1.40. The molecule has 1 aromatic heterocycles. The van der Waals surface area contributed by atoms with Gasteiger partial charge in [0.05, 0.1) is 6.42 Å². The predicted octanol–water partition coefficient (Wildman–Crippen LogP) is 2.08. The number of nitrogens with two attached hydrogens (primary N) is 1. The number of nitrogens with one attached hydrogen (secondary N) is 5. The summed E-state index contributed by atoms with van der Waals surface area (Å²) in [5, 5.41) is 20.8. The predicted molar refractivity (Wildman–Crippen MR) is 203 cm³/mol. The number of H-pyrrole nitrogens is 1. The molecule has 0 spiro atoms. The Hall–Kier alpha value is -5.73. The van der Waals surface area contributed by atoms with Crippen molar-refractivity contribution in [3.8, 4) is 0 Å². The van der Waals surface area contributed by atoms with Gasteiger partial charge in [-0.2, -0.15) is 0 Å². The topological polar surface area (TPSA) is 233 Å². The monoisotopic (exact) mass is 747 g/mol. The number of amides is 6. The number of fused-ring (bicyclic) bond motifs is 1. The smallest absolute Gasteiger partial charge is 0.305 e. The highest BCUT2D eigenvalue weighted by molar-refractivity contribution is 6.00. The van der Waals surface area contributed by atoms with Gasteiger partial charge in [-0.1, -0.05) is 88.1 Å². The highest BCUT2D eigenvalue weighted by Gasteiger charge is 2.35. The summed E-state index contributed by atoms with van der Waals surface area (Å²) in [5.41, 5.74) is 7.78. The number of carbonyl (C=O) groups is 7. The van der Waals surface area contributed by atoms with Gasteiger partial charge in [-0.3, -0.25) is 33.6 Å². The SMILES string of the molecule is CCCCCNC(=O)CC(=O)N[C@@H](Cc1c[nH]c2ccccc12)C(=O)N(C)[C@@H](CCCC)C(=O)N[C@@H](CC(=O)O)C(=O)N[C@@H](Cc1ccccc1)C(N)=O. The minimum atomic E-state index is -1.61. The van der Waals surface area contributed by atoms with Gasteiger partial charge in [-0.05, 0) is 30.0 Å². The average molecular weight is 748 g/mol. The molecule has 3 rings (SSSR count). The molecule has 0 unspecified atom stereocenters. The van der Waals surface area contributed by atoms with Crippen molar-refractivity contribution in [3.63, 3.8) is 0 Å². The fourth-order valence-corrected chi connectivity index (χ4v) is 6.07. The summed E-state index contributed by atoms with van der Waals surface area (Å²) in [6, 6.07) is 11.0. The van der Waals surface area contributed by atoms with E-state index >= 15 is 0 Å². The summed E-state index contributed by atoms with van der Waals surface area (Å²) < 4.78 is 0.